The number of nitrogens with zero attached hydrogens (tertiary/aromatic N) is 2. The van der Waals surface area contributed by atoms with E-state index in [9.17, 15) is 0 Å². The molecule has 0 bridgehead atoms. The Balaban J connectivity index is 2.47. The summed E-state index contributed by atoms with van der Waals surface area (Å²) in [6, 6.07) is 0. The summed E-state index contributed by atoms with van der Waals surface area (Å²) in [5.74, 6) is 0. The van der Waals surface area contributed by atoms with Crippen molar-refractivity contribution in [2.24, 2.45) is 0 Å². The van der Waals surface area contributed by atoms with Crippen LogP contribution in [-0.2, 0) is 6.54 Å². The molecule has 3 heteroatoms. The molecule has 0 aliphatic rings. The Morgan fingerprint density at radius 3 is 2.36 bits per heavy atom. The van der Waals surface area contributed by atoms with E-state index in [1.165, 1.54) is 36.2 Å². The van der Waals surface area contributed by atoms with Gasteiger partial charge < -0.3 is 0 Å². The zero-order chi connectivity index (χ0) is 10.6. The molecule has 80 valence electrons. The van der Waals surface area contributed by atoms with Crippen molar-refractivity contribution in [3.05, 3.63) is 17.0 Å². The summed E-state index contributed by atoms with van der Waals surface area (Å²) in [5.41, 5.74) is 3.83. The van der Waals surface area contributed by atoms with E-state index in [1.54, 1.807) is 0 Å². The van der Waals surface area contributed by atoms with Gasteiger partial charge >= 0.3 is 0 Å². The van der Waals surface area contributed by atoms with Crippen molar-refractivity contribution in [3.8, 4) is 0 Å². The third kappa shape index (κ3) is 2.84. The summed E-state index contributed by atoms with van der Waals surface area (Å²) < 4.78 is 2.14. The average Bonchev–Trinajstić information content (AvgIpc) is 2.41. The number of unbranched alkanes of at least 4 members (excludes halogenated alkanes) is 2. The number of halogens is 1. The van der Waals surface area contributed by atoms with E-state index < -0.39 is 0 Å². The summed E-state index contributed by atoms with van der Waals surface area (Å²) in [4.78, 5) is 0. The van der Waals surface area contributed by atoms with Gasteiger partial charge in [-0.2, -0.15) is 5.10 Å². The first-order chi connectivity index (χ1) is 6.66. The first kappa shape index (κ1) is 11.8. The quantitative estimate of drug-likeness (QED) is 0.585. The normalized spacial score (nSPS) is 10.9. The number of rotatable bonds is 5. The first-order valence-corrected chi connectivity index (χ1v) is 6.35. The molecule has 1 aromatic heterocycles. The molecule has 0 amide bonds. The van der Waals surface area contributed by atoms with Crippen molar-refractivity contribution in [1.29, 1.82) is 0 Å². The van der Waals surface area contributed by atoms with Gasteiger partial charge in [-0.25, -0.2) is 0 Å². The molecule has 0 atom stereocenters. The van der Waals surface area contributed by atoms with Crippen LogP contribution in [0.25, 0.3) is 0 Å². The second-order valence-electron chi connectivity index (χ2n) is 3.77. The van der Waals surface area contributed by atoms with Crippen molar-refractivity contribution in [2.75, 3.05) is 5.33 Å². The van der Waals surface area contributed by atoms with Gasteiger partial charge in [-0.05, 0) is 39.2 Å². The molecule has 1 heterocycles. The highest BCUT2D eigenvalue weighted by molar-refractivity contribution is 9.09. The third-order valence-electron chi connectivity index (χ3n) is 2.75. The van der Waals surface area contributed by atoms with E-state index >= 15 is 0 Å². The molecular formula is C11H19BrN2. The van der Waals surface area contributed by atoms with E-state index in [-0.39, 0.29) is 0 Å². The second-order valence-corrected chi connectivity index (χ2v) is 4.56. The van der Waals surface area contributed by atoms with Gasteiger partial charge in [0, 0.05) is 17.6 Å². The highest BCUT2D eigenvalue weighted by Gasteiger charge is 2.05. The van der Waals surface area contributed by atoms with Crippen molar-refractivity contribution in [2.45, 2.75) is 46.6 Å². The number of hydrogen-bond donors (Lipinski definition) is 0. The zero-order valence-corrected chi connectivity index (χ0v) is 10.9. The lowest BCUT2D eigenvalue weighted by atomic mass is 10.2. The van der Waals surface area contributed by atoms with Gasteiger partial charge in [0.15, 0.2) is 0 Å². The topological polar surface area (TPSA) is 17.8 Å². The van der Waals surface area contributed by atoms with Crippen molar-refractivity contribution < 1.29 is 0 Å². The smallest absolute Gasteiger partial charge is 0.0625 e. The van der Waals surface area contributed by atoms with Crippen molar-refractivity contribution in [3.63, 3.8) is 0 Å². The van der Waals surface area contributed by atoms with Crippen LogP contribution in [-0.4, -0.2) is 15.1 Å². The molecule has 0 N–H and O–H groups in total. The maximum Gasteiger partial charge on any atom is 0.0625 e. The lowest BCUT2D eigenvalue weighted by molar-refractivity contribution is 0.541. The Morgan fingerprint density at radius 1 is 1.14 bits per heavy atom. The molecule has 0 spiro atoms. The van der Waals surface area contributed by atoms with Crippen LogP contribution in [0.4, 0.5) is 0 Å². The van der Waals surface area contributed by atoms with E-state index in [1.807, 2.05) is 0 Å². The predicted octanol–water partition coefficient (Wildman–Crippen LogP) is 3.37. The number of aryl methyl sites for hydroxylation is 2. The summed E-state index contributed by atoms with van der Waals surface area (Å²) >= 11 is 3.44. The number of alkyl halides is 1. The molecule has 2 nitrogen and oxygen atoms in total. The molecular weight excluding hydrogens is 240 g/mol. The van der Waals surface area contributed by atoms with Crippen LogP contribution in [0.5, 0.6) is 0 Å². The first-order valence-electron chi connectivity index (χ1n) is 5.23. The molecule has 14 heavy (non-hydrogen) atoms. The zero-order valence-electron chi connectivity index (χ0n) is 9.31. The van der Waals surface area contributed by atoms with E-state index in [0.717, 1.165) is 11.9 Å². The molecule has 0 unspecified atom stereocenters. The van der Waals surface area contributed by atoms with Gasteiger partial charge in [0.1, 0.15) is 0 Å². The van der Waals surface area contributed by atoms with Crippen LogP contribution in [0.2, 0.25) is 0 Å². The van der Waals surface area contributed by atoms with Gasteiger partial charge in [0.05, 0.1) is 5.69 Å². The SMILES string of the molecule is Cc1nn(CCCCCBr)c(C)c1C. The minimum atomic E-state index is 1.06. The predicted molar refractivity (Wildman–Crippen MR) is 64.1 cm³/mol. The Hall–Kier alpha value is -0.310. The summed E-state index contributed by atoms with van der Waals surface area (Å²) in [6.07, 6.45) is 3.77. The fourth-order valence-electron chi connectivity index (χ4n) is 1.54. The fraction of sp³-hybridized carbons (Fsp3) is 0.727. The minimum Gasteiger partial charge on any atom is -0.269 e. The van der Waals surface area contributed by atoms with Crippen LogP contribution in [0.3, 0.4) is 0 Å². The molecule has 0 aromatic carbocycles. The second kappa shape index (κ2) is 5.54. The van der Waals surface area contributed by atoms with Crippen molar-refractivity contribution >= 4 is 15.9 Å². The fourth-order valence-corrected chi connectivity index (χ4v) is 1.93. The average molecular weight is 259 g/mol. The van der Waals surface area contributed by atoms with Gasteiger partial charge in [-0.1, -0.05) is 22.4 Å². The van der Waals surface area contributed by atoms with Gasteiger partial charge in [-0.3, -0.25) is 4.68 Å². The molecule has 0 aliphatic heterocycles. The van der Waals surface area contributed by atoms with Gasteiger partial charge in [-0.15, -0.1) is 0 Å². The van der Waals surface area contributed by atoms with E-state index in [2.05, 4.69) is 46.5 Å². The largest absolute Gasteiger partial charge is 0.269 e. The van der Waals surface area contributed by atoms with Crippen LogP contribution in [0.1, 0.15) is 36.2 Å². The number of hydrogen-bond acceptors (Lipinski definition) is 1. The van der Waals surface area contributed by atoms with Gasteiger partial charge in [0.2, 0.25) is 0 Å². The van der Waals surface area contributed by atoms with Gasteiger partial charge in [0.25, 0.3) is 0 Å². The molecule has 1 aromatic rings. The van der Waals surface area contributed by atoms with Crippen LogP contribution >= 0.6 is 15.9 Å². The maximum absolute atomic E-state index is 4.51. The summed E-state index contributed by atoms with van der Waals surface area (Å²) in [6.45, 7) is 7.44. The standard InChI is InChI=1S/C11H19BrN2/c1-9-10(2)13-14(11(9)3)8-6-4-5-7-12/h4-8H2,1-3H3. The van der Waals surface area contributed by atoms with Crippen LogP contribution in [0, 0.1) is 20.8 Å². The molecule has 0 radical (unpaired) electrons. The maximum atomic E-state index is 4.51. The van der Waals surface area contributed by atoms with E-state index in [0.29, 0.717) is 0 Å². The Bertz CT molecular complexity index is 292. The van der Waals surface area contributed by atoms with Crippen molar-refractivity contribution in [1.82, 2.24) is 9.78 Å². The Morgan fingerprint density at radius 2 is 1.86 bits per heavy atom. The third-order valence-corrected chi connectivity index (χ3v) is 3.31. The Kier molecular flexibility index (Phi) is 4.66. The lowest BCUT2D eigenvalue weighted by Gasteiger charge is -2.03. The highest BCUT2D eigenvalue weighted by Crippen LogP contribution is 2.12. The summed E-state index contributed by atoms with van der Waals surface area (Å²) in [7, 11) is 0. The lowest BCUT2D eigenvalue weighted by Crippen LogP contribution is -2.02. The molecule has 0 aliphatic carbocycles. The molecule has 0 fully saturated rings. The minimum absolute atomic E-state index is 1.06. The van der Waals surface area contributed by atoms with Crippen LogP contribution in [0.15, 0.2) is 0 Å². The molecule has 1 rings (SSSR count). The monoisotopic (exact) mass is 258 g/mol. The van der Waals surface area contributed by atoms with Crippen LogP contribution < -0.4 is 0 Å². The van der Waals surface area contributed by atoms with E-state index in [4.69, 9.17) is 0 Å². The molecule has 0 saturated heterocycles. The molecule has 0 saturated carbocycles. The number of aromatic nitrogens is 2. The summed E-state index contributed by atoms with van der Waals surface area (Å²) in [5, 5.41) is 5.63. The Labute approximate surface area is 94.8 Å². The highest BCUT2D eigenvalue weighted by atomic mass is 79.9.